The van der Waals surface area contributed by atoms with Gasteiger partial charge in [0.25, 0.3) is 0 Å². The maximum absolute atomic E-state index is 14.3. The van der Waals surface area contributed by atoms with E-state index in [2.05, 4.69) is 23.1 Å². The first-order valence-corrected chi connectivity index (χ1v) is 17.7. The fourth-order valence-electron chi connectivity index (χ4n) is 7.10. The fraction of sp³-hybridized carbons (Fsp3) is 0.400. The van der Waals surface area contributed by atoms with Gasteiger partial charge in [-0.3, -0.25) is 4.79 Å². The summed E-state index contributed by atoms with van der Waals surface area (Å²) in [6, 6.07) is 22.8. The maximum atomic E-state index is 14.3. The van der Waals surface area contributed by atoms with Gasteiger partial charge in [-0.05, 0) is 71.1 Å². The average molecular weight is 694 g/mol. The number of aromatic carboxylic acids is 1. The number of hydrogen-bond acceptors (Lipinski definition) is 7. The van der Waals surface area contributed by atoms with Gasteiger partial charge < -0.3 is 33.5 Å². The van der Waals surface area contributed by atoms with Crippen LogP contribution in [0.25, 0.3) is 17.0 Å². The van der Waals surface area contributed by atoms with Crippen molar-refractivity contribution in [2.75, 3.05) is 26.2 Å². The van der Waals surface area contributed by atoms with Crippen LogP contribution in [-0.2, 0) is 22.5 Å². The van der Waals surface area contributed by atoms with Crippen LogP contribution in [0.5, 0.6) is 0 Å². The van der Waals surface area contributed by atoms with Gasteiger partial charge in [0.05, 0.1) is 30.3 Å². The summed E-state index contributed by atoms with van der Waals surface area (Å²) < 4.78 is 13.3. The number of allylic oxidation sites excluding steroid dienone is 1. The lowest BCUT2D eigenvalue weighted by atomic mass is 9.99. The predicted molar refractivity (Wildman–Crippen MR) is 194 cm³/mol. The van der Waals surface area contributed by atoms with Crippen molar-refractivity contribution in [1.29, 1.82) is 0 Å². The minimum atomic E-state index is -1.14. The van der Waals surface area contributed by atoms with Gasteiger partial charge in [0.1, 0.15) is 23.1 Å². The zero-order valence-corrected chi connectivity index (χ0v) is 29.8. The fourth-order valence-corrected chi connectivity index (χ4v) is 7.10. The number of imidazole rings is 1. The molecule has 4 heterocycles. The Morgan fingerprint density at radius 3 is 2.37 bits per heavy atom. The summed E-state index contributed by atoms with van der Waals surface area (Å²) in [5.41, 5.74) is 4.07. The summed E-state index contributed by atoms with van der Waals surface area (Å²) in [5, 5.41) is 9.34. The van der Waals surface area contributed by atoms with Crippen LogP contribution in [0.3, 0.4) is 0 Å². The Morgan fingerprint density at radius 1 is 0.980 bits per heavy atom. The lowest BCUT2D eigenvalue weighted by Gasteiger charge is -2.44. The first kappa shape index (κ1) is 35.5. The lowest BCUT2D eigenvalue weighted by molar-refractivity contribution is -0.135. The molecular formula is C40H47N5O6. The van der Waals surface area contributed by atoms with Crippen molar-refractivity contribution in [2.45, 2.75) is 77.6 Å². The van der Waals surface area contributed by atoms with Crippen molar-refractivity contribution < 1.29 is 28.6 Å². The van der Waals surface area contributed by atoms with Crippen molar-refractivity contribution in [3.63, 3.8) is 0 Å². The molecule has 0 radical (unpaired) electrons. The number of benzene rings is 2. The van der Waals surface area contributed by atoms with Crippen molar-refractivity contribution in [3.05, 3.63) is 108 Å². The van der Waals surface area contributed by atoms with Gasteiger partial charge >= 0.3 is 12.1 Å². The predicted octanol–water partition coefficient (Wildman–Crippen LogP) is 7.12. The van der Waals surface area contributed by atoms with Crippen molar-refractivity contribution in [2.24, 2.45) is 0 Å². The van der Waals surface area contributed by atoms with Gasteiger partial charge in [0.2, 0.25) is 11.7 Å². The Kier molecular flexibility index (Phi) is 10.6. The molecule has 2 fully saturated rings. The summed E-state index contributed by atoms with van der Waals surface area (Å²) in [4.78, 5) is 50.0. The first-order valence-electron chi connectivity index (χ1n) is 17.7. The number of ether oxygens (including phenoxy) is 1. The standard InChI is InChI=1S/C40H47N5O6/c1-5-32(44-23-22-43(39(49)51-40(2,3)4)25-30(44)24-28-14-8-6-9-15-28)35-36(29-16-10-7-11-17-29)45(27-41-35)33-18-12-13-21-42(37(33)46)26-31-19-20-34(50-31)38(47)48/h5-11,14-17,19-20,27,30,33H,12-13,18,21-26H2,1-4H3,(H,47,48)/b32-5-/t30-,33?/m1/s1. The normalized spacial score (nSPS) is 18.9. The average Bonchev–Trinajstić information content (AvgIpc) is 3.72. The van der Waals surface area contributed by atoms with Crippen LogP contribution in [0.1, 0.15) is 80.6 Å². The minimum Gasteiger partial charge on any atom is -0.475 e. The molecule has 51 heavy (non-hydrogen) atoms. The number of carboxylic acid groups (broad SMARTS) is 1. The van der Waals surface area contributed by atoms with E-state index in [-0.39, 0.29) is 30.3 Å². The summed E-state index contributed by atoms with van der Waals surface area (Å²) in [7, 11) is 0. The second kappa shape index (κ2) is 15.3. The Bertz CT molecular complexity index is 1860. The number of carbonyl (C=O) groups excluding carboxylic acids is 2. The number of hydrogen-bond donors (Lipinski definition) is 1. The molecule has 11 nitrogen and oxygen atoms in total. The Hall–Kier alpha value is -5.32. The number of nitrogens with zero attached hydrogens (tertiary/aromatic N) is 5. The molecule has 0 saturated carbocycles. The molecule has 2 amide bonds. The Balaban J connectivity index is 1.35. The van der Waals surface area contributed by atoms with Crippen LogP contribution in [0, 0.1) is 0 Å². The van der Waals surface area contributed by atoms with Crippen LogP contribution >= 0.6 is 0 Å². The van der Waals surface area contributed by atoms with Crippen molar-refractivity contribution in [3.8, 4) is 11.3 Å². The van der Waals surface area contributed by atoms with Crippen molar-refractivity contribution >= 4 is 23.7 Å². The number of amides is 2. The van der Waals surface area contributed by atoms with E-state index in [1.54, 1.807) is 22.2 Å². The van der Waals surface area contributed by atoms with Crippen LogP contribution in [0.2, 0.25) is 0 Å². The Morgan fingerprint density at radius 2 is 1.71 bits per heavy atom. The largest absolute Gasteiger partial charge is 0.475 e. The van der Waals surface area contributed by atoms with Gasteiger partial charge in [-0.15, -0.1) is 0 Å². The van der Waals surface area contributed by atoms with E-state index in [1.165, 1.54) is 11.6 Å². The van der Waals surface area contributed by atoms with Gasteiger partial charge in [0, 0.05) is 31.7 Å². The van der Waals surface area contributed by atoms with Gasteiger partial charge in [-0.2, -0.15) is 0 Å². The summed E-state index contributed by atoms with van der Waals surface area (Å²) in [5.74, 6) is -0.915. The highest BCUT2D eigenvalue weighted by Crippen LogP contribution is 2.37. The lowest BCUT2D eigenvalue weighted by Crippen LogP contribution is -2.55. The molecule has 0 bridgehead atoms. The third-order valence-electron chi connectivity index (χ3n) is 9.42. The molecule has 0 spiro atoms. The van der Waals surface area contributed by atoms with E-state index in [0.29, 0.717) is 44.8 Å². The third-order valence-corrected chi connectivity index (χ3v) is 9.42. The zero-order valence-electron chi connectivity index (χ0n) is 29.8. The van der Waals surface area contributed by atoms with Gasteiger partial charge in [-0.1, -0.05) is 66.7 Å². The minimum absolute atomic E-state index is 0.0585. The SMILES string of the molecule is C/C=C(/c1ncn(C2CCCCN(Cc3ccc(C(=O)O)o3)C2=O)c1-c1ccccc1)N1CCN(C(=O)OC(C)(C)C)C[C@H]1Cc1ccccc1. The highest BCUT2D eigenvalue weighted by Gasteiger charge is 2.37. The highest BCUT2D eigenvalue weighted by atomic mass is 16.6. The van der Waals surface area contributed by atoms with E-state index in [1.807, 2.05) is 80.8 Å². The number of aromatic nitrogens is 2. The quantitative estimate of drug-likeness (QED) is 0.197. The zero-order chi connectivity index (χ0) is 36.1. The molecule has 11 heteroatoms. The summed E-state index contributed by atoms with van der Waals surface area (Å²) in [6.45, 7) is 9.94. The molecule has 4 aromatic rings. The third kappa shape index (κ3) is 8.19. The number of rotatable bonds is 9. The molecular weight excluding hydrogens is 646 g/mol. The first-order chi connectivity index (χ1) is 24.5. The maximum Gasteiger partial charge on any atom is 0.410 e. The molecule has 2 aliphatic heterocycles. The van der Waals surface area contributed by atoms with Crippen LogP contribution in [-0.4, -0.2) is 85.1 Å². The van der Waals surface area contributed by atoms with E-state index in [9.17, 15) is 19.5 Å². The van der Waals surface area contributed by atoms with E-state index in [4.69, 9.17) is 14.1 Å². The summed E-state index contributed by atoms with van der Waals surface area (Å²) >= 11 is 0. The molecule has 268 valence electrons. The molecule has 2 aromatic heterocycles. The Labute approximate surface area is 299 Å². The second-order valence-corrected chi connectivity index (χ2v) is 14.2. The monoisotopic (exact) mass is 693 g/mol. The van der Waals surface area contributed by atoms with Gasteiger partial charge in [0.15, 0.2) is 0 Å². The topological polar surface area (TPSA) is 121 Å². The highest BCUT2D eigenvalue weighted by molar-refractivity contribution is 5.85. The number of likely N-dealkylation sites (tertiary alicyclic amines) is 1. The number of carbonyl (C=O) groups is 3. The number of piperazine rings is 1. The molecule has 1 unspecified atom stereocenters. The summed E-state index contributed by atoms with van der Waals surface area (Å²) in [6.07, 6.45) is 6.56. The smallest absolute Gasteiger partial charge is 0.410 e. The molecule has 2 saturated heterocycles. The van der Waals surface area contributed by atoms with E-state index < -0.39 is 17.6 Å². The van der Waals surface area contributed by atoms with Crippen molar-refractivity contribution in [1.82, 2.24) is 24.3 Å². The number of carboxylic acids is 1. The van der Waals surface area contributed by atoms with Crippen LogP contribution in [0.4, 0.5) is 4.79 Å². The molecule has 6 rings (SSSR count). The second-order valence-electron chi connectivity index (χ2n) is 14.2. The molecule has 2 aliphatic rings. The van der Waals surface area contributed by atoms with Crippen LogP contribution < -0.4 is 0 Å². The molecule has 2 atom stereocenters. The van der Waals surface area contributed by atoms with E-state index in [0.717, 1.165) is 35.5 Å². The molecule has 2 aromatic carbocycles. The molecule has 0 aliphatic carbocycles. The number of furan rings is 1. The van der Waals surface area contributed by atoms with E-state index >= 15 is 0 Å². The van der Waals surface area contributed by atoms with Gasteiger partial charge in [-0.25, -0.2) is 14.6 Å². The molecule has 1 N–H and O–H groups in total. The van der Waals surface area contributed by atoms with Crippen LogP contribution in [0.15, 0.2) is 89.6 Å².